The Labute approximate surface area is 96.4 Å². The topological polar surface area (TPSA) is 32.8 Å². The Morgan fingerprint density at radius 2 is 1.88 bits per heavy atom. The van der Waals surface area contributed by atoms with Gasteiger partial charge in [-0.05, 0) is 24.6 Å². The molecule has 0 aliphatic rings. The lowest BCUT2D eigenvalue weighted by Crippen LogP contribution is -2.26. The van der Waals surface area contributed by atoms with E-state index < -0.39 is 0 Å². The number of hydrogen-bond acceptors (Lipinski definition) is 3. The summed E-state index contributed by atoms with van der Waals surface area (Å²) in [5.41, 5.74) is 3.08. The normalized spacial score (nSPS) is 9.81. The molecular weight excluding hydrogens is 204 g/mol. The average Bonchev–Trinajstić information content (AvgIpc) is 2.27. The summed E-state index contributed by atoms with van der Waals surface area (Å²) < 4.78 is 4.67. The number of methoxy groups -OCH3 is 1. The van der Waals surface area contributed by atoms with Crippen LogP contribution in [0.3, 0.4) is 0 Å². The molecule has 0 aromatic heterocycles. The van der Waals surface area contributed by atoms with Crippen LogP contribution >= 0.6 is 0 Å². The van der Waals surface area contributed by atoms with Crippen LogP contribution in [0.25, 0.3) is 0 Å². The SMILES string of the molecule is COC(=O)N(C)c1ccc(C)c(N(C)C)c1. The minimum Gasteiger partial charge on any atom is -0.452 e. The van der Waals surface area contributed by atoms with E-state index in [4.69, 9.17) is 0 Å². The zero-order chi connectivity index (χ0) is 12.3. The Kier molecular flexibility index (Phi) is 3.77. The van der Waals surface area contributed by atoms with Crippen molar-refractivity contribution in [2.24, 2.45) is 0 Å². The predicted molar refractivity (Wildman–Crippen MR) is 66.3 cm³/mol. The third-order valence-corrected chi connectivity index (χ3v) is 2.51. The van der Waals surface area contributed by atoms with Gasteiger partial charge in [-0.1, -0.05) is 6.07 Å². The zero-order valence-corrected chi connectivity index (χ0v) is 10.4. The fraction of sp³-hybridized carbons (Fsp3) is 0.417. The largest absolute Gasteiger partial charge is 0.452 e. The molecule has 0 heterocycles. The van der Waals surface area contributed by atoms with Crippen LogP contribution < -0.4 is 9.80 Å². The van der Waals surface area contributed by atoms with Crippen molar-refractivity contribution in [3.63, 3.8) is 0 Å². The Morgan fingerprint density at radius 1 is 1.25 bits per heavy atom. The van der Waals surface area contributed by atoms with E-state index in [-0.39, 0.29) is 6.09 Å². The second-order valence-corrected chi connectivity index (χ2v) is 3.89. The van der Waals surface area contributed by atoms with E-state index in [0.29, 0.717) is 0 Å². The van der Waals surface area contributed by atoms with Crippen molar-refractivity contribution in [1.82, 2.24) is 0 Å². The number of ether oxygens (including phenoxy) is 1. The molecule has 1 amide bonds. The first-order valence-corrected chi connectivity index (χ1v) is 5.07. The van der Waals surface area contributed by atoms with E-state index in [1.54, 1.807) is 7.05 Å². The number of carbonyl (C=O) groups is 1. The highest BCUT2D eigenvalue weighted by atomic mass is 16.5. The van der Waals surface area contributed by atoms with Gasteiger partial charge in [0.1, 0.15) is 0 Å². The Hall–Kier alpha value is -1.71. The van der Waals surface area contributed by atoms with Gasteiger partial charge in [0, 0.05) is 32.5 Å². The number of benzene rings is 1. The lowest BCUT2D eigenvalue weighted by atomic mass is 10.1. The molecule has 0 spiro atoms. The third-order valence-electron chi connectivity index (χ3n) is 2.51. The summed E-state index contributed by atoms with van der Waals surface area (Å²) in [4.78, 5) is 14.9. The van der Waals surface area contributed by atoms with Crippen LogP contribution in [0.1, 0.15) is 5.56 Å². The highest BCUT2D eigenvalue weighted by molar-refractivity contribution is 5.87. The average molecular weight is 222 g/mol. The molecule has 1 aromatic carbocycles. The Bertz CT molecular complexity index is 389. The maximum atomic E-state index is 11.4. The fourth-order valence-electron chi connectivity index (χ4n) is 1.53. The number of nitrogens with zero attached hydrogens (tertiary/aromatic N) is 2. The van der Waals surface area contributed by atoms with Crippen molar-refractivity contribution >= 4 is 17.5 Å². The maximum Gasteiger partial charge on any atom is 0.413 e. The molecule has 88 valence electrons. The number of amides is 1. The quantitative estimate of drug-likeness (QED) is 0.769. The van der Waals surface area contributed by atoms with Gasteiger partial charge in [0.05, 0.1) is 7.11 Å². The first-order valence-electron chi connectivity index (χ1n) is 5.07. The number of rotatable bonds is 2. The van der Waals surface area contributed by atoms with Crippen LogP contribution in [-0.2, 0) is 4.74 Å². The van der Waals surface area contributed by atoms with Crippen LogP contribution in [0, 0.1) is 6.92 Å². The molecule has 16 heavy (non-hydrogen) atoms. The molecule has 1 aromatic rings. The van der Waals surface area contributed by atoms with Crippen molar-refractivity contribution in [2.45, 2.75) is 6.92 Å². The van der Waals surface area contributed by atoms with Crippen molar-refractivity contribution in [2.75, 3.05) is 38.1 Å². The molecule has 0 fully saturated rings. The molecule has 0 N–H and O–H groups in total. The van der Waals surface area contributed by atoms with Crippen LogP contribution in [-0.4, -0.2) is 34.3 Å². The molecule has 0 saturated carbocycles. The highest BCUT2D eigenvalue weighted by Gasteiger charge is 2.12. The summed E-state index contributed by atoms with van der Waals surface area (Å²) in [5, 5.41) is 0. The van der Waals surface area contributed by atoms with Gasteiger partial charge in [-0.2, -0.15) is 0 Å². The first-order chi connectivity index (χ1) is 7.47. The molecule has 0 atom stereocenters. The Morgan fingerprint density at radius 3 is 2.38 bits per heavy atom. The summed E-state index contributed by atoms with van der Waals surface area (Å²) >= 11 is 0. The lowest BCUT2D eigenvalue weighted by molar-refractivity contribution is 0.180. The second kappa shape index (κ2) is 4.88. The van der Waals surface area contributed by atoms with Gasteiger partial charge in [-0.3, -0.25) is 4.90 Å². The fourth-order valence-corrected chi connectivity index (χ4v) is 1.53. The first kappa shape index (κ1) is 12.4. The van der Waals surface area contributed by atoms with Gasteiger partial charge in [0.2, 0.25) is 0 Å². The maximum absolute atomic E-state index is 11.4. The molecule has 4 heteroatoms. The summed E-state index contributed by atoms with van der Waals surface area (Å²) in [6, 6.07) is 5.86. The van der Waals surface area contributed by atoms with Gasteiger partial charge >= 0.3 is 6.09 Å². The number of carbonyl (C=O) groups excluding carboxylic acids is 1. The lowest BCUT2D eigenvalue weighted by Gasteiger charge is -2.20. The monoisotopic (exact) mass is 222 g/mol. The van der Waals surface area contributed by atoms with Gasteiger partial charge in [0.15, 0.2) is 0 Å². The van der Waals surface area contributed by atoms with Crippen LogP contribution in [0.4, 0.5) is 16.2 Å². The van der Waals surface area contributed by atoms with Crippen LogP contribution in [0.15, 0.2) is 18.2 Å². The third kappa shape index (κ3) is 2.45. The number of hydrogen-bond donors (Lipinski definition) is 0. The van der Waals surface area contributed by atoms with E-state index in [0.717, 1.165) is 11.4 Å². The Balaban J connectivity index is 3.07. The van der Waals surface area contributed by atoms with E-state index in [1.807, 2.05) is 44.1 Å². The molecule has 1 rings (SSSR count). The van der Waals surface area contributed by atoms with Crippen molar-refractivity contribution in [3.8, 4) is 0 Å². The van der Waals surface area contributed by atoms with Gasteiger partial charge in [-0.25, -0.2) is 4.79 Å². The van der Waals surface area contributed by atoms with Crippen molar-refractivity contribution < 1.29 is 9.53 Å². The summed E-state index contributed by atoms with van der Waals surface area (Å²) in [6.07, 6.45) is -0.367. The van der Waals surface area contributed by atoms with E-state index in [2.05, 4.69) is 4.74 Å². The van der Waals surface area contributed by atoms with Gasteiger partial charge < -0.3 is 9.64 Å². The molecule has 0 bridgehead atoms. The number of anilines is 2. The minimum absolute atomic E-state index is 0.367. The standard InChI is InChI=1S/C12H18N2O2/c1-9-6-7-10(8-11(9)13(2)3)14(4)12(15)16-5/h6-8H,1-5H3. The molecule has 0 radical (unpaired) electrons. The molecular formula is C12H18N2O2. The summed E-state index contributed by atoms with van der Waals surface area (Å²) in [6.45, 7) is 2.04. The van der Waals surface area contributed by atoms with E-state index >= 15 is 0 Å². The molecule has 0 unspecified atom stereocenters. The zero-order valence-electron chi connectivity index (χ0n) is 10.4. The smallest absolute Gasteiger partial charge is 0.413 e. The van der Waals surface area contributed by atoms with Crippen LogP contribution in [0.2, 0.25) is 0 Å². The number of aryl methyl sites for hydroxylation is 1. The summed E-state index contributed by atoms with van der Waals surface area (Å²) in [7, 11) is 7.02. The van der Waals surface area contributed by atoms with Crippen LogP contribution in [0.5, 0.6) is 0 Å². The van der Waals surface area contributed by atoms with E-state index in [9.17, 15) is 4.79 Å². The molecule has 4 nitrogen and oxygen atoms in total. The van der Waals surface area contributed by atoms with Gasteiger partial charge in [-0.15, -0.1) is 0 Å². The minimum atomic E-state index is -0.367. The van der Waals surface area contributed by atoms with Crippen molar-refractivity contribution in [3.05, 3.63) is 23.8 Å². The highest BCUT2D eigenvalue weighted by Crippen LogP contribution is 2.24. The summed E-state index contributed by atoms with van der Waals surface area (Å²) in [5.74, 6) is 0. The second-order valence-electron chi connectivity index (χ2n) is 3.89. The molecule has 0 aliphatic heterocycles. The van der Waals surface area contributed by atoms with E-state index in [1.165, 1.54) is 17.6 Å². The van der Waals surface area contributed by atoms with Gasteiger partial charge in [0.25, 0.3) is 0 Å². The van der Waals surface area contributed by atoms with Crippen molar-refractivity contribution in [1.29, 1.82) is 0 Å². The molecule has 0 aliphatic carbocycles. The molecule has 0 saturated heterocycles. The predicted octanol–water partition coefficient (Wildman–Crippen LogP) is 2.26.